The van der Waals surface area contributed by atoms with Crippen LogP contribution in [0.2, 0.25) is 0 Å². The van der Waals surface area contributed by atoms with Crippen molar-refractivity contribution >= 4 is 21.6 Å². The summed E-state index contributed by atoms with van der Waals surface area (Å²) in [5.74, 6) is 0.0442. The molecule has 1 saturated heterocycles. The van der Waals surface area contributed by atoms with E-state index in [4.69, 9.17) is 0 Å². The highest BCUT2D eigenvalue weighted by Gasteiger charge is 2.24. The van der Waals surface area contributed by atoms with E-state index in [1.54, 1.807) is 24.3 Å². The summed E-state index contributed by atoms with van der Waals surface area (Å²) in [6, 6.07) is 6.42. The zero-order valence-electron chi connectivity index (χ0n) is 14.7. The second kappa shape index (κ2) is 8.09. The molecule has 134 valence electrons. The number of nitrogens with one attached hydrogen (secondary N) is 1. The van der Waals surface area contributed by atoms with E-state index in [-0.39, 0.29) is 16.7 Å². The van der Waals surface area contributed by atoms with Gasteiger partial charge >= 0.3 is 0 Å². The molecule has 6 nitrogen and oxygen atoms in total. The number of likely N-dealkylation sites (tertiary alicyclic amines) is 1. The molecule has 1 amide bonds. The minimum atomic E-state index is -3.46. The van der Waals surface area contributed by atoms with Crippen LogP contribution in [0.15, 0.2) is 29.2 Å². The summed E-state index contributed by atoms with van der Waals surface area (Å²) < 4.78 is 26.3. The summed E-state index contributed by atoms with van der Waals surface area (Å²) in [5.41, 5.74) is 0.637. The summed E-state index contributed by atoms with van der Waals surface area (Å²) in [6.45, 7) is 6.37. The number of piperidine rings is 1. The van der Waals surface area contributed by atoms with Crippen LogP contribution in [-0.4, -0.2) is 56.8 Å². The molecule has 0 saturated carbocycles. The lowest BCUT2D eigenvalue weighted by atomic mass is 9.96. The standard InChI is InChI=1S/C17H27N3O3S/c1-4-20(5-2)24(22,23)16-8-6-15(7-9-16)18-17(21)14-10-12-19(3)13-11-14/h6-9,14H,4-5,10-13H2,1-3H3,(H,18,21). The van der Waals surface area contributed by atoms with Crippen LogP contribution >= 0.6 is 0 Å². The van der Waals surface area contributed by atoms with Gasteiger partial charge in [0.2, 0.25) is 15.9 Å². The average molecular weight is 353 g/mol. The van der Waals surface area contributed by atoms with Crippen molar-refractivity contribution in [2.75, 3.05) is 38.5 Å². The van der Waals surface area contributed by atoms with Crippen molar-refractivity contribution in [3.63, 3.8) is 0 Å². The number of hydrogen-bond donors (Lipinski definition) is 1. The summed E-state index contributed by atoms with van der Waals surface area (Å²) in [4.78, 5) is 14.8. The van der Waals surface area contributed by atoms with E-state index < -0.39 is 10.0 Å². The first-order valence-corrected chi connectivity index (χ1v) is 9.92. The van der Waals surface area contributed by atoms with Crippen LogP contribution in [0.25, 0.3) is 0 Å². The number of carbonyl (C=O) groups is 1. The molecule has 24 heavy (non-hydrogen) atoms. The fourth-order valence-electron chi connectivity index (χ4n) is 2.94. The molecule has 1 aliphatic rings. The number of nitrogens with zero attached hydrogens (tertiary/aromatic N) is 2. The Kier molecular flexibility index (Phi) is 6.37. The largest absolute Gasteiger partial charge is 0.326 e. The first-order chi connectivity index (χ1) is 11.4. The normalized spacial score (nSPS) is 17.2. The molecule has 1 aliphatic heterocycles. The molecule has 1 aromatic rings. The summed E-state index contributed by atoms with van der Waals surface area (Å²) >= 11 is 0. The zero-order valence-corrected chi connectivity index (χ0v) is 15.5. The number of hydrogen-bond acceptors (Lipinski definition) is 4. The maximum atomic E-state index is 12.4. The monoisotopic (exact) mass is 353 g/mol. The Bertz CT molecular complexity index is 646. The van der Waals surface area contributed by atoms with E-state index >= 15 is 0 Å². The molecule has 0 atom stereocenters. The average Bonchev–Trinajstić information content (AvgIpc) is 2.56. The fraction of sp³-hybridized carbons (Fsp3) is 0.588. The number of amides is 1. The SMILES string of the molecule is CCN(CC)S(=O)(=O)c1ccc(NC(=O)C2CCN(C)CC2)cc1. The Balaban J connectivity index is 2.03. The predicted molar refractivity (Wildman–Crippen MR) is 95.4 cm³/mol. The minimum Gasteiger partial charge on any atom is -0.326 e. The van der Waals surface area contributed by atoms with E-state index in [1.807, 2.05) is 13.8 Å². The van der Waals surface area contributed by atoms with E-state index in [0.29, 0.717) is 18.8 Å². The second-order valence-corrected chi connectivity index (χ2v) is 8.12. The Morgan fingerprint density at radius 2 is 1.71 bits per heavy atom. The third kappa shape index (κ3) is 4.34. The van der Waals surface area contributed by atoms with Gasteiger partial charge in [0.15, 0.2) is 0 Å². The smallest absolute Gasteiger partial charge is 0.243 e. The van der Waals surface area contributed by atoms with Crippen molar-refractivity contribution in [2.45, 2.75) is 31.6 Å². The number of anilines is 1. The van der Waals surface area contributed by atoms with Crippen LogP contribution in [0.4, 0.5) is 5.69 Å². The highest BCUT2D eigenvalue weighted by Crippen LogP contribution is 2.21. The quantitative estimate of drug-likeness (QED) is 0.849. The van der Waals surface area contributed by atoms with Crippen LogP contribution < -0.4 is 5.32 Å². The lowest BCUT2D eigenvalue weighted by Gasteiger charge is -2.28. The molecule has 1 fully saturated rings. The van der Waals surface area contributed by atoms with Gasteiger partial charge in [0.05, 0.1) is 4.90 Å². The van der Waals surface area contributed by atoms with Gasteiger partial charge in [-0.05, 0) is 57.2 Å². The van der Waals surface area contributed by atoms with E-state index in [1.165, 1.54) is 4.31 Å². The first-order valence-electron chi connectivity index (χ1n) is 8.48. The molecule has 2 rings (SSSR count). The first kappa shape index (κ1) is 18.9. The van der Waals surface area contributed by atoms with Gasteiger partial charge in [-0.2, -0.15) is 4.31 Å². The minimum absolute atomic E-state index is 0.0162. The van der Waals surface area contributed by atoms with Crippen molar-refractivity contribution in [3.05, 3.63) is 24.3 Å². The number of benzene rings is 1. The van der Waals surface area contributed by atoms with E-state index in [2.05, 4.69) is 17.3 Å². The Morgan fingerprint density at radius 3 is 2.21 bits per heavy atom. The van der Waals surface area contributed by atoms with Gasteiger partial charge in [-0.3, -0.25) is 4.79 Å². The fourth-order valence-corrected chi connectivity index (χ4v) is 4.40. The Hall–Kier alpha value is -1.44. The lowest BCUT2D eigenvalue weighted by Crippen LogP contribution is -2.35. The van der Waals surface area contributed by atoms with Crippen molar-refractivity contribution in [3.8, 4) is 0 Å². The van der Waals surface area contributed by atoms with Crippen LogP contribution in [-0.2, 0) is 14.8 Å². The maximum Gasteiger partial charge on any atom is 0.243 e. The van der Waals surface area contributed by atoms with Gasteiger partial charge in [0.25, 0.3) is 0 Å². The Morgan fingerprint density at radius 1 is 1.17 bits per heavy atom. The zero-order chi connectivity index (χ0) is 17.7. The van der Waals surface area contributed by atoms with Crippen LogP contribution in [0, 0.1) is 5.92 Å². The summed E-state index contributed by atoms with van der Waals surface area (Å²) in [7, 11) is -1.40. The lowest BCUT2D eigenvalue weighted by molar-refractivity contribution is -0.121. The molecule has 1 aromatic carbocycles. The van der Waals surface area contributed by atoms with Crippen molar-refractivity contribution in [2.24, 2.45) is 5.92 Å². The van der Waals surface area contributed by atoms with Crippen LogP contribution in [0.5, 0.6) is 0 Å². The van der Waals surface area contributed by atoms with Gasteiger partial charge in [0, 0.05) is 24.7 Å². The van der Waals surface area contributed by atoms with Gasteiger partial charge in [-0.1, -0.05) is 13.8 Å². The molecule has 0 bridgehead atoms. The van der Waals surface area contributed by atoms with Gasteiger partial charge in [-0.15, -0.1) is 0 Å². The molecule has 0 radical (unpaired) electrons. The number of sulfonamides is 1. The highest BCUT2D eigenvalue weighted by molar-refractivity contribution is 7.89. The van der Waals surface area contributed by atoms with E-state index in [0.717, 1.165) is 25.9 Å². The topological polar surface area (TPSA) is 69.7 Å². The van der Waals surface area contributed by atoms with Crippen LogP contribution in [0.1, 0.15) is 26.7 Å². The number of rotatable bonds is 6. The molecular weight excluding hydrogens is 326 g/mol. The summed E-state index contributed by atoms with van der Waals surface area (Å²) in [6.07, 6.45) is 1.72. The van der Waals surface area contributed by atoms with Gasteiger partial charge < -0.3 is 10.2 Å². The van der Waals surface area contributed by atoms with Gasteiger partial charge in [0.1, 0.15) is 0 Å². The summed E-state index contributed by atoms with van der Waals surface area (Å²) in [5, 5.41) is 2.90. The molecule has 0 aromatic heterocycles. The van der Waals surface area contributed by atoms with Crippen molar-refractivity contribution in [1.29, 1.82) is 0 Å². The number of carbonyl (C=O) groups excluding carboxylic acids is 1. The maximum absolute atomic E-state index is 12.4. The third-order valence-corrected chi connectivity index (χ3v) is 6.62. The molecule has 0 aliphatic carbocycles. The van der Waals surface area contributed by atoms with E-state index in [9.17, 15) is 13.2 Å². The molecule has 7 heteroatoms. The Labute approximate surface area is 144 Å². The molecule has 1 N–H and O–H groups in total. The second-order valence-electron chi connectivity index (χ2n) is 6.18. The highest BCUT2D eigenvalue weighted by atomic mass is 32.2. The predicted octanol–water partition coefficient (Wildman–Crippen LogP) is 2.00. The molecule has 1 heterocycles. The third-order valence-electron chi connectivity index (χ3n) is 4.55. The van der Waals surface area contributed by atoms with Crippen molar-refractivity contribution < 1.29 is 13.2 Å². The van der Waals surface area contributed by atoms with Crippen molar-refractivity contribution in [1.82, 2.24) is 9.21 Å². The molecule has 0 unspecified atom stereocenters. The molecular formula is C17H27N3O3S. The molecule has 0 spiro atoms. The van der Waals surface area contributed by atoms with Gasteiger partial charge in [-0.25, -0.2) is 8.42 Å². The van der Waals surface area contributed by atoms with Crippen LogP contribution in [0.3, 0.4) is 0 Å².